The molecule has 0 bridgehead atoms. The second-order valence-corrected chi connectivity index (χ2v) is 8.60. The number of hydrogen-bond donors (Lipinski definition) is 0. The molecule has 0 spiro atoms. The van der Waals surface area contributed by atoms with Crippen LogP contribution in [0, 0.1) is 0 Å². The molecule has 1 aliphatic rings. The van der Waals surface area contributed by atoms with E-state index in [1.165, 1.54) is 37.4 Å². The van der Waals surface area contributed by atoms with Gasteiger partial charge in [-0.05, 0) is 73.2 Å². The van der Waals surface area contributed by atoms with Crippen LogP contribution in [-0.2, 0) is 14.3 Å². The monoisotopic (exact) mass is 465 g/mol. The molecule has 0 atom stereocenters. The van der Waals surface area contributed by atoms with Gasteiger partial charge >= 0.3 is 5.97 Å². The number of rotatable bonds is 12. The highest BCUT2D eigenvalue weighted by molar-refractivity contribution is 5.89. The van der Waals surface area contributed by atoms with Crippen LogP contribution in [0.15, 0.2) is 48.5 Å². The van der Waals surface area contributed by atoms with Crippen molar-refractivity contribution in [3.05, 3.63) is 54.1 Å². The molecule has 2 aromatic carbocycles. The summed E-state index contributed by atoms with van der Waals surface area (Å²) >= 11 is 0. The number of hydrogen-bond acceptors (Lipinski definition) is 5. The highest BCUT2D eigenvalue weighted by Crippen LogP contribution is 2.31. The fourth-order valence-electron chi connectivity index (χ4n) is 4.13. The van der Waals surface area contributed by atoms with Gasteiger partial charge in [-0.15, -0.1) is 0 Å². The fraction of sp³-hybridized carbons (Fsp3) is 0.483. The van der Waals surface area contributed by atoms with E-state index < -0.39 is 0 Å². The van der Waals surface area contributed by atoms with E-state index in [1.807, 2.05) is 25.1 Å². The van der Waals surface area contributed by atoms with Crippen LogP contribution in [0.5, 0.6) is 5.75 Å². The van der Waals surface area contributed by atoms with Gasteiger partial charge in [0.25, 0.3) is 0 Å². The van der Waals surface area contributed by atoms with Crippen LogP contribution in [-0.4, -0.2) is 45.5 Å². The molecule has 34 heavy (non-hydrogen) atoms. The van der Waals surface area contributed by atoms with Crippen LogP contribution in [0.3, 0.4) is 0 Å². The lowest BCUT2D eigenvalue weighted by atomic mass is 10.0. The molecular weight excluding hydrogens is 426 g/mol. The van der Waals surface area contributed by atoms with Gasteiger partial charge in [0, 0.05) is 31.5 Å². The van der Waals surface area contributed by atoms with E-state index in [0.717, 1.165) is 55.0 Å². The van der Waals surface area contributed by atoms with Crippen LogP contribution >= 0.6 is 0 Å². The summed E-state index contributed by atoms with van der Waals surface area (Å²) in [6.07, 6.45) is 10.6. The molecule has 5 heteroatoms. The van der Waals surface area contributed by atoms with Gasteiger partial charge < -0.3 is 19.1 Å². The van der Waals surface area contributed by atoms with Gasteiger partial charge in [-0.2, -0.15) is 0 Å². The van der Waals surface area contributed by atoms with Gasteiger partial charge in [0.1, 0.15) is 12.4 Å². The molecule has 0 radical (unpaired) electrons. The van der Waals surface area contributed by atoms with Crippen molar-refractivity contribution in [1.29, 1.82) is 0 Å². The maximum absolute atomic E-state index is 12.0. The molecular formula is C29H39NO4. The summed E-state index contributed by atoms with van der Waals surface area (Å²) in [6.45, 7) is 8.40. The molecule has 1 fully saturated rings. The van der Waals surface area contributed by atoms with Gasteiger partial charge in [-0.1, -0.05) is 44.4 Å². The molecule has 0 saturated carbocycles. The molecule has 0 N–H and O–H groups in total. The van der Waals surface area contributed by atoms with E-state index in [1.54, 1.807) is 0 Å². The highest BCUT2D eigenvalue weighted by Gasteiger charge is 2.14. The second-order valence-electron chi connectivity index (χ2n) is 8.60. The number of ether oxygens (including phenoxy) is 3. The Labute approximate surface area is 204 Å². The first-order chi connectivity index (χ1) is 16.7. The van der Waals surface area contributed by atoms with E-state index >= 15 is 0 Å². The summed E-state index contributed by atoms with van der Waals surface area (Å²) in [7, 11) is 0. The average molecular weight is 466 g/mol. The summed E-state index contributed by atoms with van der Waals surface area (Å²) in [5.41, 5.74) is 4.43. The Hall–Kier alpha value is -2.79. The molecule has 1 saturated heterocycles. The fourth-order valence-corrected chi connectivity index (χ4v) is 4.13. The number of nitrogens with zero attached hydrogens (tertiary/aromatic N) is 1. The van der Waals surface area contributed by atoms with E-state index in [9.17, 15) is 4.79 Å². The first kappa shape index (κ1) is 25.8. The van der Waals surface area contributed by atoms with Gasteiger partial charge in [0.2, 0.25) is 0 Å². The van der Waals surface area contributed by atoms with Crippen LogP contribution in [0.2, 0.25) is 0 Å². The minimum absolute atomic E-state index is 0.310. The minimum Gasteiger partial charge on any atom is -0.491 e. The number of unbranched alkanes of at least 4 members (excludes halogenated alkanes) is 1. The lowest BCUT2D eigenvalue weighted by Crippen LogP contribution is -2.24. The summed E-state index contributed by atoms with van der Waals surface area (Å²) in [5.74, 6) is 0.529. The van der Waals surface area contributed by atoms with E-state index in [0.29, 0.717) is 19.8 Å². The number of carbonyl (C=O) groups is 1. The van der Waals surface area contributed by atoms with Gasteiger partial charge in [-0.3, -0.25) is 0 Å². The zero-order valence-corrected chi connectivity index (χ0v) is 20.8. The maximum atomic E-state index is 12.0. The first-order valence-electron chi connectivity index (χ1n) is 12.8. The van der Waals surface area contributed by atoms with Crippen molar-refractivity contribution >= 4 is 17.7 Å². The normalized spacial score (nSPS) is 14.2. The summed E-state index contributed by atoms with van der Waals surface area (Å²) in [4.78, 5) is 14.4. The van der Waals surface area contributed by atoms with Crippen molar-refractivity contribution in [2.24, 2.45) is 0 Å². The Kier molecular flexibility index (Phi) is 11.0. The van der Waals surface area contributed by atoms with Crippen molar-refractivity contribution in [3.8, 4) is 16.9 Å². The quantitative estimate of drug-likeness (QED) is 0.203. The summed E-state index contributed by atoms with van der Waals surface area (Å²) < 4.78 is 16.5. The second kappa shape index (κ2) is 14.5. The predicted octanol–water partition coefficient (Wildman–Crippen LogP) is 6.51. The van der Waals surface area contributed by atoms with Crippen molar-refractivity contribution < 1.29 is 19.0 Å². The lowest BCUT2D eigenvalue weighted by Gasteiger charge is -2.25. The molecule has 2 aromatic rings. The van der Waals surface area contributed by atoms with Gasteiger partial charge in [0.15, 0.2) is 0 Å². The third-order valence-electron chi connectivity index (χ3n) is 5.99. The third-order valence-corrected chi connectivity index (χ3v) is 5.99. The van der Waals surface area contributed by atoms with Crippen LogP contribution in [0.4, 0.5) is 5.69 Å². The van der Waals surface area contributed by atoms with E-state index in [4.69, 9.17) is 14.2 Å². The Morgan fingerprint density at radius 3 is 2.35 bits per heavy atom. The molecule has 0 aliphatic carbocycles. The first-order valence-corrected chi connectivity index (χ1v) is 12.8. The third kappa shape index (κ3) is 8.21. The molecule has 3 rings (SSSR count). The summed E-state index contributed by atoms with van der Waals surface area (Å²) in [5, 5.41) is 0. The zero-order valence-electron chi connectivity index (χ0n) is 20.8. The molecule has 1 heterocycles. The molecule has 5 nitrogen and oxygen atoms in total. The molecule has 1 aliphatic heterocycles. The van der Waals surface area contributed by atoms with Crippen molar-refractivity contribution in [2.45, 2.75) is 52.4 Å². The predicted molar refractivity (Wildman–Crippen MR) is 139 cm³/mol. The van der Waals surface area contributed by atoms with Crippen LogP contribution < -0.4 is 9.64 Å². The maximum Gasteiger partial charge on any atom is 0.330 e. The van der Waals surface area contributed by atoms with Crippen molar-refractivity contribution in [1.82, 2.24) is 0 Å². The number of benzene rings is 2. The molecule has 0 aromatic heterocycles. The Morgan fingerprint density at radius 1 is 0.912 bits per heavy atom. The van der Waals surface area contributed by atoms with Crippen molar-refractivity contribution in [3.63, 3.8) is 0 Å². The zero-order chi connectivity index (χ0) is 24.0. The molecule has 184 valence electrons. The van der Waals surface area contributed by atoms with Crippen molar-refractivity contribution in [2.75, 3.05) is 44.4 Å². The standard InChI is InChI=1S/C29H39NO4/c1-3-5-20-32-21-22-34-27-14-10-24(11-15-27)25-12-16-28(30-18-8-6-7-9-19-30)26(23-25)13-17-29(31)33-4-2/h10-17,23H,3-9,18-22H2,1-2H3. The Balaban J connectivity index is 1.73. The summed E-state index contributed by atoms with van der Waals surface area (Å²) in [6, 6.07) is 14.7. The topological polar surface area (TPSA) is 48.0 Å². The number of anilines is 1. The Morgan fingerprint density at radius 2 is 1.65 bits per heavy atom. The average Bonchev–Trinajstić information content (AvgIpc) is 3.15. The lowest BCUT2D eigenvalue weighted by molar-refractivity contribution is -0.137. The highest BCUT2D eigenvalue weighted by atomic mass is 16.5. The Bertz CT molecular complexity index is 899. The number of esters is 1. The van der Waals surface area contributed by atoms with Crippen LogP contribution in [0.1, 0.15) is 57.9 Å². The molecule has 0 unspecified atom stereocenters. The van der Waals surface area contributed by atoms with E-state index in [-0.39, 0.29) is 5.97 Å². The largest absolute Gasteiger partial charge is 0.491 e. The van der Waals surface area contributed by atoms with E-state index in [2.05, 4.69) is 42.2 Å². The van der Waals surface area contributed by atoms with Gasteiger partial charge in [0.05, 0.1) is 13.2 Å². The van der Waals surface area contributed by atoms with Gasteiger partial charge in [-0.25, -0.2) is 4.79 Å². The smallest absolute Gasteiger partial charge is 0.330 e. The van der Waals surface area contributed by atoms with Crippen LogP contribution in [0.25, 0.3) is 17.2 Å². The minimum atomic E-state index is -0.310. The SMILES string of the molecule is CCCCOCCOc1ccc(-c2ccc(N3CCCCCC3)c(C=CC(=O)OCC)c2)cc1. The molecule has 0 amide bonds. The number of carbonyl (C=O) groups excluding carboxylic acids is 1.